The first-order valence-electron chi connectivity index (χ1n) is 11.9. The van der Waals surface area contributed by atoms with Crippen molar-refractivity contribution in [3.05, 3.63) is 42.1 Å². The second kappa shape index (κ2) is 9.93. The number of amides is 1. The maximum atomic E-state index is 11.8. The number of piperazine rings is 2. The zero-order valence-electron chi connectivity index (χ0n) is 19.3. The molecule has 1 aromatic carbocycles. The van der Waals surface area contributed by atoms with E-state index in [9.17, 15) is 4.79 Å². The monoisotopic (exact) mass is 451 g/mol. The van der Waals surface area contributed by atoms with Gasteiger partial charge in [-0.15, -0.1) is 0 Å². The Morgan fingerprint density at radius 2 is 1.67 bits per heavy atom. The third-order valence-corrected chi connectivity index (χ3v) is 6.77. The van der Waals surface area contributed by atoms with Gasteiger partial charge in [0.25, 0.3) is 0 Å². The van der Waals surface area contributed by atoms with E-state index >= 15 is 0 Å². The van der Waals surface area contributed by atoms with Crippen LogP contribution in [-0.2, 0) is 9.53 Å². The molecule has 0 saturated carbocycles. The Hall–Kier alpha value is -2.91. The molecule has 3 saturated heterocycles. The van der Waals surface area contributed by atoms with Gasteiger partial charge in [0.15, 0.2) is 0 Å². The average molecular weight is 452 g/mol. The van der Waals surface area contributed by atoms with Crippen LogP contribution < -0.4 is 20.0 Å². The Kier molecular flexibility index (Phi) is 6.59. The lowest BCUT2D eigenvalue weighted by Crippen LogP contribution is -2.49. The molecule has 3 aliphatic heterocycles. The molecule has 3 aliphatic rings. The number of carbonyl (C=O) groups excluding carboxylic acids is 1. The minimum absolute atomic E-state index is 0.0523. The van der Waals surface area contributed by atoms with Crippen molar-refractivity contribution in [2.24, 2.45) is 0 Å². The number of nitrogens with zero attached hydrogens (tertiary/aromatic N) is 6. The Morgan fingerprint density at radius 3 is 2.33 bits per heavy atom. The molecule has 9 nitrogen and oxygen atoms in total. The molecule has 3 fully saturated rings. The zero-order valence-corrected chi connectivity index (χ0v) is 19.3. The van der Waals surface area contributed by atoms with Crippen LogP contribution in [0.15, 0.2) is 36.5 Å². The van der Waals surface area contributed by atoms with Crippen molar-refractivity contribution in [2.45, 2.75) is 13.0 Å². The van der Waals surface area contributed by atoms with Crippen molar-refractivity contribution in [1.29, 1.82) is 0 Å². The third-order valence-electron chi connectivity index (χ3n) is 6.77. The van der Waals surface area contributed by atoms with Gasteiger partial charge in [-0.2, -0.15) is 4.98 Å². The second-order valence-electron chi connectivity index (χ2n) is 8.82. The van der Waals surface area contributed by atoms with Gasteiger partial charge >= 0.3 is 0 Å². The number of nitrogens with one attached hydrogen (secondary N) is 1. The lowest BCUT2D eigenvalue weighted by atomic mass is 10.1. The highest BCUT2D eigenvalue weighted by molar-refractivity contribution is 5.73. The first kappa shape index (κ1) is 21.9. The molecule has 33 heavy (non-hydrogen) atoms. The van der Waals surface area contributed by atoms with Gasteiger partial charge in [-0.3, -0.25) is 4.79 Å². The highest BCUT2D eigenvalue weighted by Crippen LogP contribution is 2.30. The largest absolute Gasteiger partial charge is 0.371 e. The molecule has 0 spiro atoms. The summed E-state index contributed by atoms with van der Waals surface area (Å²) >= 11 is 0. The molecule has 1 aromatic heterocycles. The van der Waals surface area contributed by atoms with E-state index < -0.39 is 0 Å². The van der Waals surface area contributed by atoms with Crippen LogP contribution in [0.5, 0.6) is 0 Å². The summed E-state index contributed by atoms with van der Waals surface area (Å²) in [5, 5.41) is 3.42. The smallest absolute Gasteiger partial charge is 0.227 e. The Morgan fingerprint density at radius 1 is 0.970 bits per heavy atom. The van der Waals surface area contributed by atoms with Gasteiger partial charge in [-0.25, -0.2) is 4.98 Å². The van der Waals surface area contributed by atoms with Crippen LogP contribution in [0, 0.1) is 0 Å². The van der Waals surface area contributed by atoms with E-state index in [1.807, 2.05) is 11.1 Å². The molecule has 5 rings (SSSR count). The molecule has 0 aliphatic carbocycles. The molecule has 176 valence electrons. The SMILES string of the molecule is CC(=O)N1CCN(c2nc(N3CCN(c4ccccc4)CC3)ncc2C2CNCCO2)CC1. The minimum atomic E-state index is -0.0523. The first-order chi connectivity index (χ1) is 16.2. The number of aromatic nitrogens is 2. The van der Waals surface area contributed by atoms with Crippen LogP contribution in [0.1, 0.15) is 18.6 Å². The molecule has 0 bridgehead atoms. The van der Waals surface area contributed by atoms with Gasteiger partial charge in [0.1, 0.15) is 11.9 Å². The van der Waals surface area contributed by atoms with Crippen molar-refractivity contribution in [3.8, 4) is 0 Å². The molecule has 1 atom stereocenters. The Labute approximate surface area is 195 Å². The maximum Gasteiger partial charge on any atom is 0.227 e. The number of hydrogen-bond donors (Lipinski definition) is 1. The van der Waals surface area contributed by atoms with Gasteiger partial charge in [0.2, 0.25) is 11.9 Å². The molecular weight excluding hydrogens is 418 g/mol. The highest BCUT2D eigenvalue weighted by atomic mass is 16.5. The lowest BCUT2D eigenvalue weighted by molar-refractivity contribution is -0.129. The molecule has 0 radical (unpaired) electrons. The fourth-order valence-electron chi connectivity index (χ4n) is 4.81. The zero-order chi connectivity index (χ0) is 22.6. The minimum Gasteiger partial charge on any atom is -0.371 e. The fraction of sp³-hybridized carbons (Fsp3) is 0.542. The summed E-state index contributed by atoms with van der Waals surface area (Å²) in [4.78, 5) is 30.5. The molecular formula is C24H33N7O2. The summed E-state index contributed by atoms with van der Waals surface area (Å²) in [5.41, 5.74) is 2.30. The summed E-state index contributed by atoms with van der Waals surface area (Å²) < 4.78 is 6.05. The normalized spacial score (nSPS) is 21.9. The van der Waals surface area contributed by atoms with Crippen molar-refractivity contribution < 1.29 is 9.53 Å². The predicted molar refractivity (Wildman–Crippen MR) is 129 cm³/mol. The summed E-state index contributed by atoms with van der Waals surface area (Å²) in [6, 6.07) is 10.6. The average Bonchev–Trinajstić information content (AvgIpc) is 2.89. The number of para-hydroxylation sites is 1. The van der Waals surface area contributed by atoms with Crippen LogP contribution in [0.2, 0.25) is 0 Å². The van der Waals surface area contributed by atoms with Gasteiger partial charge in [0.05, 0.1) is 6.61 Å². The Bertz CT molecular complexity index is 935. The van der Waals surface area contributed by atoms with Crippen molar-refractivity contribution in [1.82, 2.24) is 20.2 Å². The predicted octanol–water partition coefficient (Wildman–Crippen LogP) is 1.13. The highest BCUT2D eigenvalue weighted by Gasteiger charge is 2.28. The van der Waals surface area contributed by atoms with Crippen LogP contribution in [0.25, 0.3) is 0 Å². The molecule has 9 heteroatoms. The first-order valence-corrected chi connectivity index (χ1v) is 11.9. The quantitative estimate of drug-likeness (QED) is 0.742. The van der Waals surface area contributed by atoms with Gasteiger partial charge in [0, 0.05) is 89.8 Å². The fourth-order valence-corrected chi connectivity index (χ4v) is 4.81. The molecule has 4 heterocycles. The number of carbonyl (C=O) groups is 1. The number of benzene rings is 1. The van der Waals surface area contributed by atoms with Gasteiger partial charge in [-0.1, -0.05) is 18.2 Å². The van der Waals surface area contributed by atoms with E-state index in [4.69, 9.17) is 14.7 Å². The number of hydrogen-bond acceptors (Lipinski definition) is 8. The van der Waals surface area contributed by atoms with Gasteiger partial charge < -0.3 is 29.7 Å². The molecule has 1 amide bonds. The number of anilines is 3. The van der Waals surface area contributed by atoms with Crippen molar-refractivity contribution in [2.75, 3.05) is 86.8 Å². The molecule has 1 N–H and O–H groups in total. The van der Waals surface area contributed by atoms with Gasteiger partial charge in [-0.05, 0) is 12.1 Å². The van der Waals surface area contributed by atoms with E-state index in [-0.39, 0.29) is 12.0 Å². The number of rotatable bonds is 4. The van der Waals surface area contributed by atoms with E-state index in [1.165, 1.54) is 5.69 Å². The molecule has 1 unspecified atom stereocenters. The number of morpholine rings is 1. The van der Waals surface area contributed by atoms with E-state index in [2.05, 4.69) is 50.3 Å². The van der Waals surface area contributed by atoms with E-state index in [1.54, 1.807) is 6.92 Å². The van der Waals surface area contributed by atoms with Crippen LogP contribution in [0.4, 0.5) is 17.5 Å². The number of ether oxygens (including phenoxy) is 1. The summed E-state index contributed by atoms with van der Waals surface area (Å²) in [6.07, 6.45) is 1.90. The molecule has 2 aromatic rings. The van der Waals surface area contributed by atoms with E-state index in [0.29, 0.717) is 19.7 Å². The summed E-state index contributed by atoms with van der Waals surface area (Å²) in [6.45, 7) is 10.6. The van der Waals surface area contributed by atoms with E-state index in [0.717, 1.165) is 69.7 Å². The standard InChI is InChI=1S/C24H33N7O2/c1-19(32)28-8-12-30(13-9-28)23-21(22-18-25-7-16-33-22)17-26-24(27-23)31-14-10-29(11-15-31)20-5-3-2-4-6-20/h2-6,17,22,25H,7-16,18H2,1H3. The Balaban J connectivity index is 1.34. The topological polar surface area (TPSA) is 77.1 Å². The lowest BCUT2D eigenvalue weighted by Gasteiger charge is -2.38. The van der Waals surface area contributed by atoms with Crippen LogP contribution in [-0.4, -0.2) is 92.8 Å². The van der Waals surface area contributed by atoms with Crippen LogP contribution >= 0.6 is 0 Å². The summed E-state index contributed by atoms with van der Waals surface area (Å²) in [5.74, 6) is 1.86. The van der Waals surface area contributed by atoms with Crippen LogP contribution in [0.3, 0.4) is 0 Å². The third kappa shape index (κ3) is 4.89. The second-order valence-corrected chi connectivity index (χ2v) is 8.82. The van der Waals surface area contributed by atoms with Crippen molar-refractivity contribution in [3.63, 3.8) is 0 Å². The maximum absolute atomic E-state index is 11.8. The summed E-state index contributed by atoms with van der Waals surface area (Å²) in [7, 11) is 0. The van der Waals surface area contributed by atoms with Crippen molar-refractivity contribution >= 4 is 23.4 Å².